The Kier molecular flexibility index (Phi) is 3.54. The van der Waals surface area contributed by atoms with Gasteiger partial charge in [0.05, 0.1) is 5.56 Å². The Morgan fingerprint density at radius 3 is 2.26 bits per heavy atom. The highest BCUT2D eigenvalue weighted by atomic mass is 19.1. The number of nitrogens with zero attached hydrogens (tertiary/aromatic N) is 1. The SMILES string of the molecule is N#Cc1cccc(C(O)c2cc(F)cc(F)c2)c1F. The monoisotopic (exact) mass is 263 g/mol. The Balaban J connectivity index is 2.50. The molecule has 0 aliphatic heterocycles. The molecule has 0 fully saturated rings. The van der Waals surface area contributed by atoms with Crippen LogP contribution in [0.1, 0.15) is 22.8 Å². The molecular weight excluding hydrogens is 255 g/mol. The van der Waals surface area contributed by atoms with Crippen LogP contribution in [0.5, 0.6) is 0 Å². The highest BCUT2D eigenvalue weighted by molar-refractivity contribution is 5.39. The van der Waals surface area contributed by atoms with Crippen LogP contribution in [0.15, 0.2) is 36.4 Å². The van der Waals surface area contributed by atoms with Gasteiger partial charge in [0.25, 0.3) is 0 Å². The van der Waals surface area contributed by atoms with Crippen LogP contribution >= 0.6 is 0 Å². The zero-order valence-corrected chi connectivity index (χ0v) is 9.57. The van der Waals surface area contributed by atoms with Crippen molar-refractivity contribution in [3.05, 3.63) is 70.5 Å². The van der Waals surface area contributed by atoms with E-state index in [1.54, 1.807) is 6.07 Å². The molecule has 1 unspecified atom stereocenters. The van der Waals surface area contributed by atoms with E-state index in [1.807, 2.05) is 0 Å². The van der Waals surface area contributed by atoms with Gasteiger partial charge in [-0.15, -0.1) is 0 Å². The normalized spacial score (nSPS) is 11.9. The van der Waals surface area contributed by atoms with Gasteiger partial charge in [-0.2, -0.15) is 5.26 Å². The summed E-state index contributed by atoms with van der Waals surface area (Å²) in [5.41, 5.74) is -0.566. The molecule has 1 atom stereocenters. The van der Waals surface area contributed by atoms with Crippen molar-refractivity contribution in [1.82, 2.24) is 0 Å². The summed E-state index contributed by atoms with van der Waals surface area (Å²) in [6.07, 6.45) is -1.54. The van der Waals surface area contributed by atoms with Crippen molar-refractivity contribution in [3.8, 4) is 6.07 Å². The molecule has 0 amide bonds. The van der Waals surface area contributed by atoms with E-state index in [9.17, 15) is 18.3 Å². The molecule has 0 saturated heterocycles. The summed E-state index contributed by atoms with van der Waals surface area (Å²) in [4.78, 5) is 0. The minimum Gasteiger partial charge on any atom is -0.384 e. The second-order valence-electron chi connectivity index (χ2n) is 3.93. The van der Waals surface area contributed by atoms with E-state index in [1.165, 1.54) is 18.2 Å². The third-order valence-electron chi connectivity index (χ3n) is 2.64. The molecule has 96 valence electrons. The van der Waals surface area contributed by atoms with E-state index in [0.717, 1.165) is 12.1 Å². The molecule has 2 aromatic rings. The number of halogens is 3. The third kappa shape index (κ3) is 2.59. The summed E-state index contributed by atoms with van der Waals surface area (Å²) < 4.78 is 39.9. The largest absolute Gasteiger partial charge is 0.384 e. The van der Waals surface area contributed by atoms with Crippen molar-refractivity contribution in [3.63, 3.8) is 0 Å². The van der Waals surface area contributed by atoms with Crippen LogP contribution in [0.25, 0.3) is 0 Å². The van der Waals surface area contributed by atoms with Crippen LogP contribution in [0.3, 0.4) is 0 Å². The minimum absolute atomic E-state index is 0.119. The summed E-state index contributed by atoms with van der Waals surface area (Å²) in [5.74, 6) is -2.64. The number of benzene rings is 2. The van der Waals surface area contributed by atoms with Crippen molar-refractivity contribution in [1.29, 1.82) is 5.26 Å². The second-order valence-corrected chi connectivity index (χ2v) is 3.93. The standard InChI is InChI=1S/C14H8F3NO/c15-10-4-9(5-11(16)6-10)14(19)12-3-1-2-8(7-18)13(12)17/h1-6,14,19H. The molecule has 2 rings (SSSR count). The minimum atomic E-state index is -1.54. The molecule has 0 aliphatic carbocycles. The van der Waals surface area contributed by atoms with Gasteiger partial charge >= 0.3 is 0 Å². The van der Waals surface area contributed by atoms with E-state index < -0.39 is 23.6 Å². The Hall–Kier alpha value is -2.32. The smallest absolute Gasteiger partial charge is 0.147 e. The van der Waals surface area contributed by atoms with Crippen LogP contribution in [-0.2, 0) is 0 Å². The van der Waals surface area contributed by atoms with Gasteiger partial charge in [-0.3, -0.25) is 0 Å². The van der Waals surface area contributed by atoms with Crippen LogP contribution < -0.4 is 0 Å². The van der Waals surface area contributed by atoms with Gasteiger partial charge in [0.2, 0.25) is 0 Å². The fourth-order valence-corrected chi connectivity index (χ4v) is 1.76. The summed E-state index contributed by atoms with van der Waals surface area (Å²) >= 11 is 0. The van der Waals surface area contributed by atoms with E-state index >= 15 is 0 Å². The Bertz CT molecular complexity index is 644. The van der Waals surface area contributed by atoms with E-state index in [-0.39, 0.29) is 16.7 Å². The van der Waals surface area contributed by atoms with Crippen LogP contribution in [0.2, 0.25) is 0 Å². The van der Waals surface area contributed by atoms with Gasteiger partial charge in [-0.05, 0) is 23.8 Å². The average Bonchev–Trinajstić information content (AvgIpc) is 2.37. The van der Waals surface area contributed by atoms with Crippen molar-refractivity contribution in [2.75, 3.05) is 0 Å². The molecule has 0 saturated carbocycles. The summed E-state index contributed by atoms with van der Waals surface area (Å²) in [5, 5.41) is 18.7. The average molecular weight is 263 g/mol. The first kappa shape index (κ1) is 13.1. The van der Waals surface area contributed by atoms with Gasteiger partial charge in [-0.1, -0.05) is 12.1 Å². The third-order valence-corrected chi connectivity index (χ3v) is 2.64. The lowest BCUT2D eigenvalue weighted by atomic mass is 9.99. The first-order chi connectivity index (χ1) is 9.02. The van der Waals surface area contributed by atoms with Crippen molar-refractivity contribution in [2.24, 2.45) is 0 Å². The highest BCUT2D eigenvalue weighted by Gasteiger charge is 2.18. The lowest BCUT2D eigenvalue weighted by Crippen LogP contribution is -2.05. The predicted octanol–water partition coefficient (Wildman–Crippen LogP) is 3.06. The molecule has 0 spiro atoms. The summed E-state index contributed by atoms with van der Waals surface area (Å²) in [6, 6.07) is 7.99. The number of hydrogen-bond donors (Lipinski definition) is 1. The van der Waals surface area contributed by atoms with Gasteiger partial charge in [0.1, 0.15) is 29.6 Å². The molecule has 2 aromatic carbocycles. The number of nitriles is 1. The molecular formula is C14H8F3NO. The quantitative estimate of drug-likeness (QED) is 0.905. The zero-order chi connectivity index (χ0) is 14.0. The van der Waals surface area contributed by atoms with Gasteiger partial charge in [-0.25, -0.2) is 13.2 Å². The second kappa shape index (κ2) is 5.12. The predicted molar refractivity (Wildman–Crippen MR) is 61.5 cm³/mol. The van der Waals surface area contributed by atoms with Crippen LogP contribution in [0.4, 0.5) is 13.2 Å². The van der Waals surface area contributed by atoms with E-state index in [4.69, 9.17) is 5.26 Å². The molecule has 0 radical (unpaired) electrons. The van der Waals surface area contributed by atoms with Crippen LogP contribution in [0, 0.1) is 28.8 Å². The van der Waals surface area contributed by atoms with Crippen LogP contribution in [-0.4, -0.2) is 5.11 Å². The maximum atomic E-state index is 13.8. The lowest BCUT2D eigenvalue weighted by molar-refractivity contribution is 0.214. The van der Waals surface area contributed by atoms with Gasteiger partial charge in [0, 0.05) is 11.6 Å². The Labute approximate surface area is 107 Å². The zero-order valence-electron chi connectivity index (χ0n) is 9.57. The first-order valence-electron chi connectivity index (χ1n) is 5.35. The summed E-state index contributed by atoms with van der Waals surface area (Å²) in [6.45, 7) is 0. The number of hydrogen-bond acceptors (Lipinski definition) is 2. The topological polar surface area (TPSA) is 44.0 Å². The van der Waals surface area contributed by atoms with Crippen molar-refractivity contribution in [2.45, 2.75) is 6.10 Å². The van der Waals surface area contributed by atoms with Crippen molar-refractivity contribution < 1.29 is 18.3 Å². The van der Waals surface area contributed by atoms with Gasteiger partial charge < -0.3 is 5.11 Å². The number of rotatable bonds is 2. The lowest BCUT2D eigenvalue weighted by Gasteiger charge is -2.13. The number of aliphatic hydroxyl groups excluding tert-OH is 1. The Morgan fingerprint density at radius 1 is 1.05 bits per heavy atom. The molecule has 5 heteroatoms. The molecule has 0 heterocycles. The Morgan fingerprint density at radius 2 is 1.68 bits per heavy atom. The highest BCUT2D eigenvalue weighted by Crippen LogP contribution is 2.26. The maximum absolute atomic E-state index is 13.8. The maximum Gasteiger partial charge on any atom is 0.147 e. The molecule has 1 N–H and O–H groups in total. The fraction of sp³-hybridized carbons (Fsp3) is 0.0714. The number of aliphatic hydroxyl groups is 1. The molecule has 0 bridgehead atoms. The first-order valence-corrected chi connectivity index (χ1v) is 5.35. The summed E-state index contributed by atoms with van der Waals surface area (Å²) in [7, 11) is 0. The van der Waals surface area contributed by atoms with Crippen molar-refractivity contribution >= 4 is 0 Å². The van der Waals surface area contributed by atoms with Gasteiger partial charge in [0.15, 0.2) is 0 Å². The van der Waals surface area contributed by atoms with E-state index in [2.05, 4.69) is 0 Å². The van der Waals surface area contributed by atoms with E-state index in [0.29, 0.717) is 6.07 Å². The fourth-order valence-electron chi connectivity index (χ4n) is 1.76. The molecule has 2 nitrogen and oxygen atoms in total. The molecule has 0 aromatic heterocycles. The molecule has 0 aliphatic rings. The molecule has 19 heavy (non-hydrogen) atoms.